The molecule has 6 nitrogen and oxygen atoms in total. The Hall–Kier alpha value is -2.11. The van der Waals surface area contributed by atoms with Gasteiger partial charge in [-0.05, 0) is 83.7 Å². The number of hydrogen-bond donors (Lipinski definition) is 3. The van der Waals surface area contributed by atoms with Gasteiger partial charge in [-0.15, -0.1) is 0 Å². The zero-order valence-electron chi connectivity index (χ0n) is 21.4. The smallest absolute Gasteiger partial charge is 0.226 e. The lowest BCUT2D eigenvalue weighted by atomic mass is 9.98. The van der Waals surface area contributed by atoms with Crippen molar-refractivity contribution in [2.45, 2.75) is 58.2 Å². The van der Waals surface area contributed by atoms with Crippen LogP contribution in [0.25, 0.3) is 0 Å². The molecule has 1 aliphatic carbocycles. The normalized spacial score (nSPS) is 18.2. The first-order valence-electron chi connectivity index (χ1n) is 12.9. The standard InChI is InChI=1S/C28H36F2IN3O3/c1-3-8-33-27(36)23-15-24(23)28(37)34(9-4-2)25(13-19-10-20(29)14-21(30)11-19)26(35)17-32-16-18-6-5-7-22(31)12-18/h5-7,10-12,14,23-26,32,35H,3-4,8-9,13,15-17H2,1-2H3,(H,33,36)/t23-,24-,25+,26-/m1/s1. The van der Waals surface area contributed by atoms with Gasteiger partial charge in [0.2, 0.25) is 11.8 Å². The van der Waals surface area contributed by atoms with Gasteiger partial charge in [0.1, 0.15) is 11.6 Å². The molecule has 9 heteroatoms. The fourth-order valence-electron chi connectivity index (χ4n) is 4.60. The molecule has 0 bridgehead atoms. The van der Waals surface area contributed by atoms with E-state index in [0.717, 1.165) is 21.6 Å². The van der Waals surface area contributed by atoms with Crippen LogP contribution in [-0.2, 0) is 22.6 Å². The summed E-state index contributed by atoms with van der Waals surface area (Å²) in [7, 11) is 0. The van der Waals surface area contributed by atoms with E-state index in [1.54, 1.807) is 4.90 Å². The lowest BCUT2D eigenvalue weighted by Crippen LogP contribution is -2.52. The number of rotatable bonds is 14. The number of aliphatic hydroxyl groups is 1. The molecule has 0 heterocycles. The molecule has 202 valence electrons. The maximum atomic E-state index is 13.9. The van der Waals surface area contributed by atoms with Crippen LogP contribution < -0.4 is 10.6 Å². The molecule has 0 spiro atoms. The van der Waals surface area contributed by atoms with Crippen LogP contribution >= 0.6 is 22.6 Å². The minimum absolute atomic E-state index is 0.0892. The maximum absolute atomic E-state index is 13.9. The van der Waals surface area contributed by atoms with Crippen molar-refractivity contribution in [1.82, 2.24) is 15.5 Å². The zero-order chi connectivity index (χ0) is 26.9. The molecule has 3 N–H and O–H groups in total. The second-order valence-electron chi connectivity index (χ2n) is 9.65. The number of aliphatic hydroxyl groups excluding tert-OH is 1. The molecule has 3 rings (SSSR count). The number of halogens is 3. The van der Waals surface area contributed by atoms with Gasteiger partial charge >= 0.3 is 0 Å². The lowest BCUT2D eigenvalue weighted by molar-refractivity contribution is -0.139. The highest BCUT2D eigenvalue weighted by molar-refractivity contribution is 14.1. The van der Waals surface area contributed by atoms with Crippen molar-refractivity contribution in [3.63, 3.8) is 0 Å². The highest BCUT2D eigenvalue weighted by Gasteiger charge is 2.50. The van der Waals surface area contributed by atoms with Crippen LogP contribution in [0.5, 0.6) is 0 Å². The van der Waals surface area contributed by atoms with Crippen molar-refractivity contribution >= 4 is 34.4 Å². The van der Waals surface area contributed by atoms with Crippen molar-refractivity contribution in [1.29, 1.82) is 0 Å². The summed E-state index contributed by atoms with van der Waals surface area (Å²) in [6.07, 6.45) is 1.02. The molecule has 2 aromatic rings. The van der Waals surface area contributed by atoms with Crippen LogP contribution in [0.2, 0.25) is 0 Å². The van der Waals surface area contributed by atoms with Gasteiger partial charge in [-0.2, -0.15) is 0 Å². The molecule has 0 aliphatic heterocycles. The van der Waals surface area contributed by atoms with Gasteiger partial charge in [-0.1, -0.05) is 26.0 Å². The van der Waals surface area contributed by atoms with E-state index in [0.29, 0.717) is 38.0 Å². The van der Waals surface area contributed by atoms with Crippen LogP contribution in [0.1, 0.15) is 44.2 Å². The van der Waals surface area contributed by atoms with E-state index in [-0.39, 0.29) is 30.7 Å². The minimum atomic E-state index is -0.990. The molecule has 1 aliphatic rings. The van der Waals surface area contributed by atoms with E-state index >= 15 is 0 Å². The molecule has 4 atom stereocenters. The highest BCUT2D eigenvalue weighted by Crippen LogP contribution is 2.41. The largest absolute Gasteiger partial charge is 0.390 e. The number of carbonyl (C=O) groups is 2. The molecule has 0 saturated heterocycles. The van der Waals surface area contributed by atoms with E-state index in [2.05, 4.69) is 33.2 Å². The third-order valence-electron chi connectivity index (χ3n) is 6.52. The number of carbonyl (C=O) groups excluding carboxylic acids is 2. The van der Waals surface area contributed by atoms with Crippen LogP contribution in [0, 0.1) is 27.0 Å². The summed E-state index contributed by atoms with van der Waals surface area (Å²) in [6.45, 7) is 5.54. The van der Waals surface area contributed by atoms with Gasteiger partial charge in [-0.25, -0.2) is 8.78 Å². The van der Waals surface area contributed by atoms with Gasteiger partial charge < -0.3 is 20.6 Å². The van der Waals surface area contributed by atoms with Gasteiger partial charge in [0, 0.05) is 35.8 Å². The third-order valence-corrected chi connectivity index (χ3v) is 7.20. The van der Waals surface area contributed by atoms with Crippen molar-refractivity contribution in [2.75, 3.05) is 19.6 Å². The average molecular weight is 628 g/mol. The minimum Gasteiger partial charge on any atom is -0.390 e. The summed E-state index contributed by atoms with van der Waals surface area (Å²) in [5, 5.41) is 17.4. The quantitative estimate of drug-likeness (QED) is 0.277. The molecular weight excluding hydrogens is 591 g/mol. The summed E-state index contributed by atoms with van der Waals surface area (Å²) in [4.78, 5) is 27.6. The summed E-state index contributed by atoms with van der Waals surface area (Å²) in [5.74, 6) is -2.55. The van der Waals surface area contributed by atoms with E-state index in [9.17, 15) is 23.5 Å². The fourth-order valence-corrected chi connectivity index (χ4v) is 5.21. The molecule has 2 aromatic carbocycles. The molecule has 0 radical (unpaired) electrons. The fraction of sp³-hybridized carbons (Fsp3) is 0.500. The van der Waals surface area contributed by atoms with Crippen LogP contribution in [0.3, 0.4) is 0 Å². The van der Waals surface area contributed by atoms with Crippen molar-refractivity contribution in [3.05, 3.63) is 68.8 Å². The number of hydrogen-bond acceptors (Lipinski definition) is 4. The molecule has 1 saturated carbocycles. The average Bonchev–Trinajstić information content (AvgIpc) is 3.65. The molecule has 1 fully saturated rings. The first kappa shape index (κ1) is 29.4. The first-order valence-corrected chi connectivity index (χ1v) is 14.0. The highest BCUT2D eigenvalue weighted by atomic mass is 127. The second-order valence-corrected chi connectivity index (χ2v) is 10.9. The Bertz CT molecular complexity index is 1050. The monoisotopic (exact) mass is 627 g/mol. The number of nitrogens with zero attached hydrogens (tertiary/aromatic N) is 1. The SMILES string of the molecule is CCCNC(=O)[C@@H]1C[C@H]1C(=O)N(CCC)[C@@H](Cc1cc(F)cc(F)c1)[C@H](O)CNCc1cccc(I)c1. The Morgan fingerprint density at radius 3 is 2.46 bits per heavy atom. The van der Waals surface area contributed by atoms with Gasteiger partial charge in [0.05, 0.1) is 24.0 Å². The van der Waals surface area contributed by atoms with Crippen LogP contribution in [0.15, 0.2) is 42.5 Å². The van der Waals surface area contributed by atoms with Crippen molar-refractivity contribution in [2.24, 2.45) is 11.8 Å². The Morgan fingerprint density at radius 2 is 1.81 bits per heavy atom. The van der Waals surface area contributed by atoms with Gasteiger partial charge in [0.25, 0.3) is 0 Å². The predicted molar refractivity (Wildman–Crippen MR) is 148 cm³/mol. The van der Waals surface area contributed by atoms with E-state index in [1.165, 1.54) is 12.1 Å². The Balaban J connectivity index is 1.77. The van der Waals surface area contributed by atoms with E-state index in [4.69, 9.17) is 0 Å². The van der Waals surface area contributed by atoms with Gasteiger partial charge in [-0.3, -0.25) is 9.59 Å². The zero-order valence-corrected chi connectivity index (χ0v) is 23.5. The maximum Gasteiger partial charge on any atom is 0.226 e. The first-order chi connectivity index (χ1) is 17.7. The summed E-state index contributed by atoms with van der Waals surface area (Å²) >= 11 is 2.24. The van der Waals surface area contributed by atoms with Crippen LogP contribution in [-0.4, -0.2) is 53.6 Å². The third kappa shape index (κ3) is 8.71. The topological polar surface area (TPSA) is 81.7 Å². The molecular formula is C28H36F2IN3O3. The number of amides is 2. The van der Waals surface area contributed by atoms with E-state index < -0.39 is 29.7 Å². The Labute approximate surface area is 231 Å². The molecule has 0 aromatic heterocycles. The summed E-state index contributed by atoms with van der Waals surface area (Å²) < 4.78 is 29.0. The lowest BCUT2D eigenvalue weighted by Gasteiger charge is -2.35. The summed E-state index contributed by atoms with van der Waals surface area (Å²) in [6, 6.07) is 10.5. The van der Waals surface area contributed by atoms with Crippen LogP contribution in [0.4, 0.5) is 8.78 Å². The molecule has 2 amide bonds. The van der Waals surface area contributed by atoms with Gasteiger partial charge in [0.15, 0.2) is 0 Å². The number of nitrogens with one attached hydrogen (secondary N) is 2. The Kier molecular flexibility index (Phi) is 11.3. The Morgan fingerprint density at radius 1 is 1.08 bits per heavy atom. The van der Waals surface area contributed by atoms with Crippen molar-refractivity contribution in [3.8, 4) is 0 Å². The number of benzene rings is 2. The molecule has 0 unspecified atom stereocenters. The van der Waals surface area contributed by atoms with E-state index in [1.807, 2.05) is 38.1 Å². The predicted octanol–water partition coefficient (Wildman–Crippen LogP) is 4.03. The second kappa shape index (κ2) is 14.2. The summed E-state index contributed by atoms with van der Waals surface area (Å²) in [5.41, 5.74) is 1.42. The molecule has 37 heavy (non-hydrogen) atoms. The van der Waals surface area contributed by atoms with Crippen molar-refractivity contribution < 1.29 is 23.5 Å².